The molecule has 3 nitrogen and oxygen atoms in total. The number of carbonyl (C=O) groups excluding carboxylic acids is 1. The molecule has 0 aliphatic carbocycles. The highest BCUT2D eigenvalue weighted by molar-refractivity contribution is 5.77. The molecule has 0 unspecified atom stereocenters. The van der Waals surface area contributed by atoms with Gasteiger partial charge in [-0.3, -0.25) is 4.79 Å². The monoisotopic (exact) mass is 213 g/mol. The Labute approximate surface area is 92.6 Å². The van der Waals surface area contributed by atoms with Gasteiger partial charge in [0.25, 0.3) is 0 Å². The van der Waals surface area contributed by atoms with Gasteiger partial charge in [0.15, 0.2) is 0 Å². The zero-order valence-corrected chi connectivity index (χ0v) is 10.1. The molecule has 1 rings (SSSR count). The maximum Gasteiger partial charge on any atom is 0.143 e. The number of ketones is 1. The van der Waals surface area contributed by atoms with Crippen molar-refractivity contribution in [2.24, 2.45) is 11.3 Å². The minimum Gasteiger partial charge on any atom is -0.381 e. The molecule has 88 valence electrons. The molecule has 0 aromatic carbocycles. The van der Waals surface area contributed by atoms with Gasteiger partial charge in [-0.2, -0.15) is 0 Å². The highest BCUT2D eigenvalue weighted by Gasteiger charge is 2.30. The lowest BCUT2D eigenvalue weighted by Crippen LogP contribution is -2.39. The summed E-state index contributed by atoms with van der Waals surface area (Å²) < 4.78 is 5.36. The fourth-order valence-electron chi connectivity index (χ4n) is 2.18. The Morgan fingerprint density at radius 3 is 2.53 bits per heavy atom. The highest BCUT2D eigenvalue weighted by atomic mass is 16.5. The molecule has 1 heterocycles. The molecule has 1 fully saturated rings. The van der Waals surface area contributed by atoms with Gasteiger partial charge in [0.1, 0.15) is 5.78 Å². The fraction of sp³-hybridized carbons (Fsp3) is 0.917. The van der Waals surface area contributed by atoms with Gasteiger partial charge in [-0.1, -0.05) is 13.8 Å². The van der Waals surface area contributed by atoms with Gasteiger partial charge in [-0.25, -0.2) is 0 Å². The van der Waals surface area contributed by atoms with Crippen LogP contribution < -0.4 is 5.32 Å². The SMILES string of the molecule is CC(=O)CNCC(C)(C)C1CCOCC1. The second-order valence-electron chi connectivity index (χ2n) is 5.18. The first-order chi connectivity index (χ1) is 7.02. The van der Waals surface area contributed by atoms with Crippen LogP contribution in [0.5, 0.6) is 0 Å². The smallest absolute Gasteiger partial charge is 0.143 e. The zero-order valence-electron chi connectivity index (χ0n) is 10.1. The molecule has 3 heteroatoms. The van der Waals surface area contributed by atoms with Gasteiger partial charge in [-0.15, -0.1) is 0 Å². The number of rotatable bonds is 5. The number of hydrogen-bond donors (Lipinski definition) is 1. The minimum absolute atomic E-state index is 0.206. The van der Waals surface area contributed by atoms with Crippen molar-refractivity contribution < 1.29 is 9.53 Å². The lowest BCUT2D eigenvalue weighted by Gasteiger charge is -2.37. The minimum atomic E-state index is 0.206. The normalized spacial score (nSPS) is 19.1. The molecule has 0 aromatic rings. The number of nitrogens with one attached hydrogen (secondary N) is 1. The van der Waals surface area contributed by atoms with E-state index < -0.39 is 0 Å². The quantitative estimate of drug-likeness (QED) is 0.754. The first-order valence-corrected chi connectivity index (χ1v) is 5.80. The molecule has 1 saturated heterocycles. The van der Waals surface area contributed by atoms with Crippen LogP contribution in [0.25, 0.3) is 0 Å². The van der Waals surface area contributed by atoms with Crippen molar-refractivity contribution >= 4 is 5.78 Å². The molecule has 0 atom stereocenters. The van der Waals surface area contributed by atoms with E-state index >= 15 is 0 Å². The molecule has 0 bridgehead atoms. The second kappa shape index (κ2) is 5.61. The van der Waals surface area contributed by atoms with Crippen LogP contribution in [-0.2, 0) is 9.53 Å². The number of hydrogen-bond acceptors (Lipinski definition) is 3. The van der Waals surface area contributed by atoms with E-state index in [-0.39, 0.29) is 11.2 Å². The summed E-state index contributed by atoms with van der Waals surface area (Å²) in [5.41, 5.74) is 0.263. The summed E-state index contributed by atoms with van der Waals surface area (Å²) in [6, 6.07) is 0. The van der Waals surface area contributed by atoms with Gasteiger partial charge >= 0.3 is 0 Å². The topological polar surface area (TPSA) is 38.3 Å². The Hall–Kier alpha value is -0.410. The maximum atomic E-state index is 10.8. The Balaban J connectivity index is 2.32. The average Bonchev–Trinajstić information content (AvgIpc) is 2.18. The summed E-state index contributed by atoms with van der Waals surface area (Å²) in [6.45, 7) is 9.35. The van der Waals surface area contributed by atoms with Crippen molar-refractivity contribution in [3.05, 3.63) is 0 Å². The molecular weight excluding hydrogens is 190 g/mol. The Kier molecular flexibility index (Phi) is 4.74. The zero-order chi connectivity index (χ0) is 11.3. The average molecular weight is 213 g/mol. The van der Waals surface area contributed by atoms with Crippen molar-refractivity contribution in [1.29, 1.82) is 0 Å². The molecule has 1 aliphatic heterocycles. The highest BCUT2D eigenvalue weighted by Crippen LogP contribution is 2.33. The van der Waals surface area contributed by atoms with Crippen LogP contribution in [-0.4, -0.2) is 32.1 Å². The number of carbonyl (C=O) groups is 1. The molecule has 1 aliphatic rings. The van der Waals surface area contributed by atoms with E-state index in [1.165, 1.54) is 0 Å². The summed E-state index contributed by atoms with van der Waals surface area (Å²) >= 11 is 0. The van der Waals surface area contributed by atoms with Crippen LogP contribution in [0.3, 0.4) is 0 Å². The molecule has 0 aromatic heterocycles. The van der Waals surface area contributed by atoms with E-state index in [4.69, 9.17) is 4.74 Å². The largest absolute Gasteiger partial charge is 0.381 e. The van der Waals surface area contributed by atoms with Gasteiger partial charge in [0.2, 0.25) is 0 Å². The van der Waals surface area contributed by atoms with E-state index in [1.54, 1.807) is 6.92 Å². The van der Waals surface area contributed by atoms with Crippen LogP contribution in [0.2, 0.25) is 0 Å². The first kappa shape index (κ1) is 12.7. The van der Waals surface area contributed by atoms with E-state index in [0.717, 1.165) is 32.6 Å². The molecule has 1 N–H and O–H groups in total. The fourth-order valence-corrected chi connectivity index (χ4v) is 2.18. The first-order valence-electron chi connectivity index (χ1n) is 5.80. The van der Waals surface area contributed by atoms with E-state index in [0.29, 0.717) is 12.5 Å². The second-order valence-corrected chi connectivity index (χ2v) is 5.18. The van der Waals surface area contributed by atoms with Crippen molar-refractivity contribution in [2.75, 3.05) is 26.3 Å². The lowest BCUT2D eigenvalue weighted by molar-refractivity contribution is -0.116. The lowest BCUT2D eigenvalue weighted by atomic mass is 9.74. The molecule has 0 spiro atoms. The predicted octanol–water partition coefficient (Wildman–Crippen LogP) is 1.62. The summed E-state index contributed by atoms with van der Waals surface area (Å²) in [5, 5.41) is 3.23. The number of Topliss-reactive ketones (excluding diaryl/α,β-unsaturated/α-hetero) is 1. The van der Waals surface area contributed by atoms with E-state index in [1.807, 2.05) is 0 Å². The molecule has 0 amide bonds. The van der Waals surface area contributed by atoms with E-state index in [9.17, 15) is 4.79 Å². The third-order valence-corrected chi connectivity index (χ3v) is 3.28. The summed E-state index contributed by atoms with van der Waals surface area (Å²) in [6.07, 6.45) is 2.30. The Bertz CT molecular complexity index is 208. The van der Waals surface area contributed by atoms with Gasteiger partial charge < -0.3 is 10.1 Å². The van der Waals surface area contributed by atoms with Crippen LogP contribution in [0.1, 0.15) is 33.6 Å². The number of ether oxygens (including phenoxy) is 1. The maximum absolute atomic E-state index is 10.8. The molecular formula is C12H23NO2. The van der Waals surface area contributed by atoms with Crippen molar-refractivity contribution in [2.45, 2.75) is 33.6 Å². The summed E-state index contributed by atoms with van der Waals surface area (Å²) in [4.78, 5) is 10.8. The van der Waals surface area contributed by atoms with E-state index in [2.05, 4.69) is 19.2 Å². The van der Waals surface area contributed by atoms with Gasteiger partial charge in [-0.05, 0) is 31.1 Å². The van der Waals surface area contributed by atoms with Gasteiger partial charge in [0.05, 0.1) is 6.54 Å². The summed E-state index contributed by atoms with van der Waals surface area (Å²) in [7, 11) is 0. The van der Waals surface area contributed by atoms with Crippen LogP contribution in [0.4, 0.5) is 0 Å². The van der Waals surface area contributed by atoms with Gasteiger partial charge in [0, 0.05) is 19.8 Å². The summed E-state index contributed by atoms with van der Waals surface area (Å²) in [5.74, 6) is 0.920. The van der Waals surface area contributed by atoms with Crippen LogP contribution in [0, 0.1) is 11.3 Å². The van der Waals surface area contributed by atoms with Crippen LogP contribution in [0.15, 0.2) is 0 Å². The van der Waals surface area contributed by atoms with Crippen molar-refractivity contribution in [1.82, 2.24) is 5.32 Å². The Morgan fingerprint density at radius 2 is 2.00 bits per heavy atom. The predicted molar refractivity (Wildman–Crippen MR) is 60.9 cm³/mol. The third-order valence-electron chi connectivity index (χ3n) is 3.28. The standard InChI is InChI=1S/C12H23NO2/c1-10(14)8-13-9-12(2,3)11-4-6-15-7-5-11/h11,13H,4-9H2,1-3H3. The molecule has 15 heavy (non-hydrogen) atoms. The van der Waals surface area contributed by atoms with Crippen LogP contribution >= 0.6 is 0 Å². The molecule has 0 saturated carbocycles. The molecule has 0 radical (unpaired) electrons. The Morgan fingerprint density at radius 1 is 1.40 bits per heavy atom. The van der Waals surface area contributed by atoms with Crippen molar-refractivity contribution in [3.8, 4) is 0 Å². The van der Waals surface area contributed by atoms with Crippen molar-refractivity contribution in [3.63, 3.8) is 0 Å². The third kappa shape index (κ3) is 4.31.